The number of piperazine rings is 1. The van der Waals surface area contributed by atoms with Crippen LogP contribution >= 0.6 is 0 Å². The molecule has 1 saturated heterocycles. The van der Waals surface area contributed by atoms with Crippen LogP contribution in [-0.4, -0.2) is 58.6 Å². The molecular weight excluding hydrogens is 422 g/mol. The summed E-state index contributed by atoms with van der Waals surface area (Å²) in [4.78, 5) is 22.3. The molecule has 1 aliphatic rings. The number of carboxylic acid groups (broad SMARTS) is 1. The summed E-state index contributed by atoms with van der Waals surface area (Å²) >= 11 is 0. The molecule has 0 bridgehead atoms. The third kappa shape index (κ3) is 4.86. The van der Waals surface area contributed by atoms with Crippen molar-refractivity contribution in [2.24, 2.45) is 0 Å². The number of aromatic carboxylic acids is 1. The molecule has 0 atom stereocenters. The Morgan fingerprint density at radius 1 is 0.794 bits per heavy atom. The highest BCUT2D eigenvalue weighted by atomic mass is 16.4. The van der Waals surface area contributed by atoms with E-state index in [-0.39, 0.29) is 0 Å². The Labute approximate surface area is 200 Å². The summed E-state index contributed by atoms with van der Waals surface area (Å²) in [5.74, 6) is -0.896. The molecule has 0 amide bonds. The molecule has 34 heavy (non-hydrogen) atoms. The van der Waals surface area contributed by atoms with Crippen molar-refractivity contribution in [3.63, 3.8) is 0 Å². The van der Waals surface area contributed by atoms with Crippen LogP contribution in [0.4, 0.5) is 0 Å². The van der Waals surface area contributed by atoms with E-state index in [9.17, 15) is 9.90 Å². The summed E-state index contributed by atoms with van der Waals surface area (Å²) in [6, 6.07) is 28.1. The second kappa shape index (κ2) is 10.2. The molecule has 172 valence electrons. The minimum atomic E-state index is -0.896. The molecule has 5 nitrogen and oxygen atoms in total. The van der Waals surface area contributed by atoms with E-state index in [1.807, 2.05) is 54.6 Å². The largest absolute Gasteiger partial charge is 0.478 e. The van der Waals surface area contributed by atoms with Crippen molar-refractivity contribution in [1.29, 1.82) is 0 Å². The van der Waals surface area contributed by atoms with Gasteiger partial charge in [0.25, 0.3) is 0 Å². The number of hydrogen-bond donors (Lipinski definition) is 1. The van der Waals surface area contributed by atoms with E-state index in [0.29, 0.717) is 23.0 Å². The molecule has 4 aromatic rings. The molecule has 0 aliphatic carbocycles. The standard InChI is InChI=1S/C29H29N3O2/c33-29(34)27-24-13-7-8-14-26(24)30-28(23-11-5-2-6-12-23)25(27)21-32-19-17-31(18-20-32)16-15-22-9-3-1-4-10-22/h1-14H,15-21H2,(H,33,34). The van der Waals surface area contributed by atoms with Crippen molar-refractivity contribution in [1.82, 2.24) is 14.8 Å². The normalized spacial score (nSPS) is 14.9. The van der Waals surface area contributed by atoms with E-state index >= 15 is 0 Å². The molecule has 5 heteroatoms. The van der Waals surface area contributed by atoms with Crippen LogP contribution in [0.15, 0.2) is 84.9 Å². The lowest BCUT2D eigenvalue weighted by Crippen LogP contribution is -2.46. The predicted octanol–water partition coefficient (Wildman–Crippen LogP) is 4.96. The fraction of sp³-hybridized carbons (Fsp3) is 0.241. The average Bonchev–Trinajstić information content (AvgIpc) is 2.88. The lowest BCUT2D eigenvalue weighted by molar-refractivity contribution is 0.0695. The van der Waals surface area contributed by atoms with Crippen LogP contribution in [-0.2, 0) is 13.0 Å². The molecular formula is C29H29N3O2. The van der Waals surface area contributed by atoms with Gasteiger partial charge < -0.3 is 10.0 Å². The molecule has 3 aromatic carbocycles. The van der Waals surface area contributed by atoms with Gasteiger partial charge in [0, 0.05) is 55.8 Å². The fourth-order valence-electron chi connectivity index (χ4n) is 4.81. The first kappa shape index (κ1) is 22.3. The Bertz CT molecular complexity index is 1270. The number of para-hydroxylation sites is 1. The van der Waals surface area contributed by atoms with Gasteiger partial charge in [-0.3, -0.25) is 4.90 Å². The zero-order valence-corrected chi connectivity index (χ0v) is 19.2. The van der Waals surface area contributed by atoms with E-state index in [4.69, 9.17) is 4.98 Å². The Morgan fingerprint density at radius 2 is 1.41 bits per heavy atom. The lowest BCUT2D eigenvalue weighted by Gasteiger charge is -2.35. The quantitative estimate of drug-likeness (QED) is 0.430. The number of carboxylic acids is 1. The highest BCUT2D eigenvalue weighted by molar-refractivity contribution is 6.05. The summed E-state index contributed by atoms with van der Waals surface area (Å²) in [6.45, 7) is 5.42. The molecule has 5 rings (SSSR count). The van der Waals surface area contributed by atoms with E-state index in [2.05, 4.69) is 40.1 Å². The van der Waals surface area contributed by atoms with Crippen LogP contribution in [0, 0.1) is 0 Å². The number of carbonyl (C=O) groups is 1. The maximum absolute atomic E-state index is 12.5. The zero-order chi connectivity index (χ0) is 23.3. The zero-order valence-electron chi connectivity index (χ0n) is 19.2. The van der Waals surface area contributed by atoms with Crippen molar-refractivity contribution in [2.45, 2.75) is 13.0 Å². The van der Waals surface area contributed by atoms with E-state index in [1.54, 1.807) is 0 Å². The Kier molecular flexibility index (Phi) is 6.65. The minimum absolute atomic E-state index is 0.371. The molecule has 2 heterocycles. The third-order valence-electron chi connectivity index (χ3n) is 6.66. The Hall–Kier alpha value is -3.54. The fourth-order valence-corrected chi connectivity index (χ4v) is 4.81. The topological polar surface area (TPSA) is 56.7 Å². The highest BCUT2D eigenvalue weighted by Gasteiger charge is 2.24. The summed E-state index contributed by atoms with van der Waals surface area (Å²) < 4.78 is 0. The molecule has 0 radical (unpaired) electrons. The van der Waals surface area contributed by atoms with Gasteiger partial charge in [0.05, 0.1) is 16.8 Å². The van der Waals surface area contributed by atoms with E-state index in [1.165, 1.54) is 5.56 Å². The van der Waals surface area contributed by atoms with Gasteiger partial charge in [-0.15, -0.1) is 0 Å². The van der Waals surface area contributed by atoms with Gasteiger partial charge in [-0.2, -0.15) is 0 Å². The number of aromatic nitrogens is 1. The number of nitrogens with zero attached hydrogens (tertiary/aromatic N) is 3. The van der Waals surface area contributed by atoms with Crippen LogP contribution in [0.1, 0.15) is 21.5 Å². The maximum Gasteiger partial charge on any atom is 0.336 e. The van der Waals surface area contributed by atoms with Gasteiger partial charge in [-0.1, -0.05) is 78.9 Å². The number of rotatable bonds is 7. The van der Waals surface area contributed by atoms with Gasteiger partial charge in [0.1, 0.15) is 0 Å². The van der Waals surface area contributed by atoms with Gasteiger partial charge in [0.2, 0.25) is 0 Å². The van der Waals surface area contributed by atoms with E-state index in [0.717, 1.165) is 56.0 Å². The average molecular weight is 452 g/mol. The van der Waals surface area contributed by atoms with Crippen molar-refractivity contribution in [2.75, 3.05) is 32.7 Å². The molecule has 1 aliphatic heterocycles. The minimum Gasteiger partial charge on any atom is -0.478 e. The van der Waals surface area contributed by atoms with Crippen LogP contribution in [0.3, 0.4) is 0 Å². The van der Waals surface area contributed by atoms with Gasteiger partial charge in [-0.25, -0.2) is 9.78 Å². The number of benzene rings is 3. The first-order valence-corrected chi connectivity index (χ1v) is 11.9. The molecule has 0 saturated carbocycles. The van der Waals surface area contributed by atoms with Gasteiger partial charge in [0.15, 0.2) is 0 Å². The number of hydrogen-bond acceptors (Lipinski definition) is 4. The SMILES string of the molecule is O=C(O)c1c(CN2CCN(CCc3ccccc3)CC2)c(-c2ccccc2)nc2ccccc12. The molecule has 1 aromatic heterocycles. The number of pyridine rings is 1. The summed E-state index contributed by atoms with van der Waals surface area (Å²) in [7, 11) is 0. The summed E-state index contributed by atoms with van der Waals surface area (Å²) in [5.41, 5.74) is 4.97. The smallest absolute Gasteiger partial charge is 0.336 e. The predicted molar refractivity (Wildman–Crippen MR) is 136 cm³/mol. The lowest BCUT2D eigenvalue weighted by atomic mass is 9.96. The molecule has 0 unspecified atom stereocenters. The molecule has 1 fully saturated rings. The van der Waals surface area contributed by atoms with Gasteiger partial charge in [-0.05, 0) is 18.1 Å². The summed E-state index contributed by atoms with van der Waals surface area (Å²) in [5, 5.41) is 10.9. The van der Waals surface area contributed by atoms with Crippen molar-refractivity contribution in [3.05, 3.63) is 102 Å². The first-order valence-electron chi connectivity index (χ1n) is 11.9. The summed E-state index contributed by atoms with van der Waals surface area (Å²) in [6.07, 6.45) is 1.05. The highest BCUT2D eigenvalue weighted by Crippen LogP contribution is 2.31. The monoisotopic (exact) mass is 451 g/mol. The van der Waals surface area contributed by atoms with Crippen molar-refractivity contribution >= 4 is 16.9 Å². The van der Waals surface area contributed by atoms with E-state index < -0.39 is 5.97 Å². The van der Waals surface area contributed by atoms with Gasteiger partial charge >= 0.3 is 5.97 Å². The van der Waals surface area contributed by atoms with Crippen LogP contribution < -0.4 is 0 Å². The van der Waals surface area contributed by atoms with Crippen molar-refractivity contribution in [3.8, 4) is 11.3 Å². The van der Waals surface area contributed by atoms with Crippen molar-refractivity contribution < 1.29 is 9.90 Å². The Balaban J connectivity index is 1.39. The third-order valence-corrected chi connectivity index (χ3v) is 6.66. The second-order valence-electron chi connectivity index (χ2n) is 8.86. The first-order chi connectivity index (χ1) is 16.7. The van der Waals surface area contributed by atoms with Crippen LogP contribution in [0.25, 0.3) is 22.2 Å². The van der Waals surface area contributed by atoms with Crippen LogP contribution in [0.2, 0.25) is 0 Å². The maximum atomic E-state index is 12.5. The Morgan fingerprint density at radius 3 is 2.12 bits per heavy atom. The molecule has 1 N–H and O–H groups in total. The number of fused-ring (bicyclic) bond motifs is 1. The second-order valence-corrected chi connectivity index (χ2v) is 8.86. The molecule has 0 spiro atoms. The van der Waals surface area contributed by atoms with Crippen LogP contribution in [0.5, 0.6) is 0 Å².